The quantitative estimate of drug-likeness (QED) is 0.657. The van der Waals surface area contributed by atoms with E-state index in [0.717, 1.165) is 15.2 Å². The zero-order valence-electron chi connectivity index (χ0n) is 15.4. The van der Waals surface area contributed by atoms with Crippen LogP contribution in [0.4, 0.5) is 5.69 Å². The highest BCUT2D eigenvalue weighted by atomic mass is 32.1. The van der Waals surface area contributed by atoms with Crippen molar-refractivity contribution in [3.63, 3.8) is 0 Å². The Bertz CT molecular complexity index is 937. The lowest BCUT2D eigenvalue weighted by Crippen LogP contribution is -2.32. The van der Waals surface area contributed by atoms with Crippen molar-refractivity contribution in [2.45, 2.75) is 13.0 Å². The third-order valence-electron chi connectivity index (χ3n) is 4.33. The number of methoxy groups -OCH3 is 1. The lowest BCUT2D eigenvalue weighted by atomic mass is 10.2. The van der Waals surface area contributed by atoms with Crippen molar-refractivity contribution >= 4 is 39.1 Å². The van der Waals surface area contributed by atoms with Gasteiger partial charge >= 0.3 is 5.97 Å². The number of nitrogens with zero attached hydrogens (tertiary/aromatic N) is 2. The molecular weight excluding hydrogens is 362 g/mol. The molecule has 6 nitrogen and oxygen atoms in total. The molecule has 27 heavy (non-hydrogen) atoms. The molecule has 0 aliphatic carbocycles. The summed E-state index contributed by atoms with van der Waals surface area (Å²) in [6.07, 6.45) is 0. The van der Waals surface area contributed by atoms with Crippen LogP contribution in [0.2, 0.25) is 0 Å². The predicted octanol–water partition coefficient (Wildman–Crippen LogP) is 3.71. The molecule has 0 saturated heterocycles. The van der Waals surface area contributed by atoms with Crippen molar-refractivity contribution in [2.24, 2.45) is 0 Å². The van der Waals surface area contributed by atoms with Gasteiger partial charge in [0.2, 0.25) is 5.91 Å². The molecule has 3 aromatic rings. The fourth-order valence-electron chi connectivity index (χ4n) is 2.69. The number of amides is 1. The van der Waals surface area contributed by atoms with Gasteiger partial charge in [-0.1, -0.05) is 24.3 Å². The first-order chi connectivity index (χ1) is 13.0. The van der Waals surface area contributed by atoms with Crippen molar-refractivity contribution in [3.05, 3.63) is 59.1 Å². The van der Waals surface area contributed by atoms with Crippen LogP contribution in [0, 0.1) is 0 Å². The van der Waals surface area contributed by atoms with Crippen LogP contribution in [-0.4, -0.2) is 42.5 Å². The van der Waals surface area contributed by atoms with Gasteiger partial charge in [0.05, 0.1) is 41.2 Å². The van der Waals surface area contributed by atoms with Crippen molar-refractivity contribution < 1.29 is 14.3 Å². The number of anilines is 1. The van der Waals surface area contributed by atoms with Crippen LogP contribution >= 0.6 is 11.3 Å². The topological polar surface area (TPSA) is 71.5 Å². The van der Waals surface area contributed by atoms with Crippen LogP contribution in [0.15, 0.2) is 48.5 Å². The second-order valence-electron chi connectivity index (χ2n) is 6.20. The van der Waals surface area contributed by atoms with Gasteiger partial charge in [-0.15, -0.1) is 11.3 Å². The van der Waals surface area contributed by atoms with E-state index in [0.29, 0.717) is 11.3 Å². The molecule has 0 aliphatic rings. The van der Waals surface area contributed by atoms with E-state index in [2.05, 4.69) is 10.3 Å². The predicted molar refractivity (Wildman–Crippen MR) is 107 cm³/mol. The maximum absolute atomic E-state index is 12.5. The molecular formula is C20H21N3O3S. The minimum Gasteiger partial charge on any atom is -0.465 e. The molecule has 0 unspecified atom stereocenters. The monoisotopic (exact) mass is 383 g/mol. The Labute approximate surface area is 161 Å². The number of rotatable bonds is 6. The molecule has 7 heteroatoms. The van der Waals surface area contributed by atoms with Gasteiger partial charge in [-0.05, 0) is 38.2 Å². The number of benzene rings is 2. The summed E-state index contributed by atoms with van der Waals surface area (Å²) in [5, 5.41) is 3.75. The van der Waals surface area contributed by atoms with Crippen LogP contribution in [0.25, 0.3) is 10.2 Å². The fourth-order valence-corrected chi connectivity index (χ4v) is 3.78. The van der Waals surface area contributed by atoms with Gasteiger partial charge in [0.1, 0.15) is 5.01 Å². The molecule has 3 rings (SSSR count). The lowest BCUT2D eigenvalue weighted by Gasteiger charge is -2.22. The first-order valence-electron chi connectivity index (χ1n) is 8.52. The van der Waals surface area contributed by atoms with Gasteiger partial charge in [0.25, 0.3) is 0 Å². The number of thiazole rings is 1. The number of carbonyl (C=O) groups excluding carboxylic acids is 2. The number of hydrogen-bond donors (Lipinski definition) is 1. The van der Waals surface area contributed by atoms with E-state index in [1.165, 1.54) is 7.11 Å². The number of para-hydroxylation sites is 2. The molecule has 140 valence electrons. The SMILES string of the molecule is COC(=O)c1ccccc1NC(=O)CN(C)[C@@H](C)c1nc2ccccc2s1. The van der Waals surface area contributed by atoms with E-state index in [-0.39, 0.29) is 18.5 Å². The molecule has 2 aromatic carbocycles. The Hall–Kier alpha value is -2.77. The highest BCUT2D eigenvalue weighted by Gasteiger charge is 2.20. The Morgan fingerprint density at radius 1 is 1.19 bits per heavy atom. The Kier molecular flexibility index (Phi) is 5.83. The van der Waals surface area contributed by atoms with Gasteiger partial charge in [-0.3, -0.25) is 9.69 Å². The number of hydrogen-bond acceptors (Lipinski definition) is 6. The largest absolute Gasteiger partial charge is 0.465 e. The molecule has 0 radical (unpaired) electrons. The molecule has 0 fully saturated rings. The van der Waals surface area contributed by atoms with Gasteiger partial charge < -0.3 is 10.1 Å². The highest BCUT2D eigenvalue weighted by molar-refractivity contribution is 7.18. The summed E-state index contributed by atoms with van der Waals surface area (Å²) in [6.45, 7) is 2.19. The summed E-state index contributed by atoms with van der Waals surface area (Å²) in [4.78, 5) is 30.9. The fraction of sp³-hybridized carbons (Fsp3) is 0.250. The summed E-state index contributed by atoms with van der Waals surface area (Å²) < 4.78 is 5.89. The summed E-state index contributed by atoms with van der Waals surface area (Å²) in [6, 6.07) is 14.8. The van der Waals surface area contributed by atoms with Gasteiger partial charge in [-0.25, -0.2) is 9.78 Å². The number of likely N-dealkylation sites (N-methyl/N-ethyl adjacent to an activating group) is 1. The van der Waals surface area contributed by atoms with E-state index >= 15 is 0 Å². The van der Waals surface area contributed by atoms with E-state index in [1.54, 1.807) is 35.6 Å². The third kappa shape index (κ3) is 4.32. The zero-order valence-corrected chi connectivity index (χ0v) is 16.2. The van der Waals surface area contributed by atoms with Gasteiger partial charge in [-0.2, -0.15) is 0 Å². The average Bonchev–Trinajstić information content (AvgIpc) is 3.11. The second-order valence-corrected chi connectivity index (χ2v) is 7.26. The number of fused-ring (bicyclic) bond motifs is 1. The second kappa shape index (κ2) is 8.28. The summed E-state index contributed by atoms with van der Waals surface area (Å²) in [5.41, 5.74) is 1.74. The van der Waals surface area contributed by atoms with Crippen molar-refractivity contribution in [1.29, 1.82) is 0 Å². The first kappa shape index (κ1) is 19.0. The molecule has 1 atom stereocenters. The summed E-state index contributed by atoms with van der Waals surface area (Å²) in [7, 11) is 3.19. The summed E-state index contributed by atoms with van der Waals surface area (Å²) in [5.74, 6) is -0.691. The number of carbonyl (C=O) groups is 2. The minimum absolute atomic E-state index is 0.0102. The van der Waals surface area contributed by atoms with E-state index in [4.69, 9.17) is 4.74 Å². The molecule has 0 bridgehead atoms. The van der Waals surface area contributed by atoms with Crippen molar-refractivity contribution in [3.8, 4) is 0 Å². The van der Waals surface area contributed by atoms with E-state index < -0.39 is 5.97 Å². The maximum atomic E-state index is 12.5. The van der Waals surface area contributed by atoms with Crippen molar-refractivity contribution in [2.75, 3.05) is 26.0 Å². The molecule has 0 saturated carbocycles. The lowest BCUT2D eigenvalue weighted by molar-refractivity contribution is -0.117. The maximum Gasteiger partial charge on any atom is 0.339 e. The minimum atomic E-state index is -0.484. The molecule has 1 heterocycles. The molecule has 0 spiro atoms. The smallest absolute Gasteiger partial charge is 0.339 e. The number of aromatic nitrogens is 1. The standard InChI is InChI=1S/C20H21N3O3S/c1-13(19-22-16-10-6-7-11-17(16)27-19)23(2)12-18(24)21-15-9-5-4-8-14(15)20(25)26-3/h4-11,13H,12H2,1-3H3,(H,21,24)/t13-/m0/s1. The van der Waals surface area contributed by atoms with Crippen LogP contribution in [0.3, 0.4) is 0 Å². The summed E-state index contributed by atoms with van der Waals surface area (Å²) >= 11 is 1.63. The van der Waals surface area contributed by atoms with Crippen LogP contribution in [-0.2, 0) is 9.53 Å². The van der Waals surface area contributed by atoms with Crippen LogP contribution in [0.1, 0.15) is 28.3 Å². The number of esters is 1. The van der Waals surface area contributed by atoms with Crippen LogP contribution in [0.5, 0.6) is 0 Å². The normalized spacial score (nSPS) is 12.1. The Morgan fingerprint density at radius 3 is 2.63 bits per heavy atom. The first-order valence-corrected chi connectivity index (χ1v) is 9.34. The molecule has 1 N–H and O–H groups in total. The molecule has 0 aliphatic heterocycles. The van der Waals surface area contributed by atoms with E-state index in [9.17, 15) is 9.59 Å². The Morgan fingerprint density at radius 2 is 1.89 bits per heavy atom. The average molecular weight is 383 g/mol. The number of ether oxygens (including phenoxy) is 1. The molecule has 1 amide bonds. The zero-order chi connectivity index (χ0) is 19.4. The van der Waals surface area contributed by atoms with Crippen molar-refractivity contribution in [1.82, 2.24) is 9.88 Å². The Balaban J connectivity index is 1.68. The highest BCUT2D eigenvalue weighted by Crippen LogP contribution is 2.28. The number of nitrogens with one attached hydrogen (secondary N) is 1. The van der Waals surface area contributed by atoms with Gasteiger partial charge in [0, 0.05) is 0 Å². The third-order valence-corrected chi connectivity index (χ3v) is 5.54. The molecule has 1 aromatic heterocycles. The van der Waals surface area contributed by atoms with Gasteiger partial charge in [0.15, 0.2) is 0 Å². The van der Waals surface area contributed by atoms with Crippen LogP contribution < -0.4 is 5.32 Å². The van der Waals surface area contributed by atoms with E-state index in [1.807, 2.05) is 43.1 Å².